The summed E-state index contributed by atoms with van der Waals surface area (Å²) in [6, 6.07) is 13.7. The lowest BCUT2D eigenvalue weighted by Crippen LogP contribution is -2.36. The summed E-state index contributed by atoms with van der Waals surface area (Å²) in [7, 11) is 0. The van der Waals surface area contributed by atoms with Gasteiger partial charge in [-0.05, 0) is 46.3 Å². The summed E-state index contributed by atoms with van der Waals surface area (Å²) >= 11 is 1.20. The number of thioether (sulfide) groups is 1. The van der Waals surface area contributed by atoms with Crippen molar-refractivity contribution in [3.05, 3.63) is 70.1 Å². The second-order valence-corrected chi connectivity index (χ2v) is 7.02. The van der Waals surface area contributed by atoms with Crippen LogP contribution < -0.4 is 15.6 Å². The number of carbonyl (C=O) groups is 2. The molecule has 0 atom stereocenters. The van der Waals surface area contributed by atoms with Gasteiger partial charge in [-0.3, -0.25) is 9.32 Å². The molecule has 0 aliphatic heterocycles. The summed E-state index contributed by atoms with van der Waals surface area (Å²) in [6.45, 7) is 1.78. The minimum absolute atomic E-state index is 0.101. The first-order valence-electron chi connectivity index (χ1n) is 8.41. The number of benzene rings is 2. The van der Waals surface area contributed by atoms with Gasteiger partial charge in [0.15, 0.2) is 0 Å². The van der Waals surface area contributed by atoms with Gasteiger partial charge in [-0.25, -0.2) is 9.59 Å². The molecule has 0 saturated carbocycles. The first-order valence-corrected chi connectivity index (χ1v) is 9.40. The van der Waals surface area contributed by atoms with Crippen molar-refractivity contribution in [2.45, 2.75) is 18.4 Å². The van der Waals surface area contributed by atoms with Crippen molar-refractivity contribution in [1.82, 2.24) is 5.27 Å². The third kappa shape index (κ3) is 4.49. The van der Waals surface area contributed by atoms with E-state index in [0.29, 0.717) is 16.5 Å². The Balaban J connectivity index is 1.63. The highest BCUT2D eigenvalue weighted by Crippen LogP contribution is 2.18. The average molecular weight is 400 g/mol. The van der Waals surface area contributed by atoms with E-state index in [1.165, 1.54) is 28.6 Å². The molecule has 1 amide bonds. The predicted molar refractivity (Wildman–Crippen MR) is 103 cm³/mol. The normalized spacial score (nSPS) is 10.6. The van der Waals surface area contributed by atoms with E-state index in [9.17, 15) is 14.4 Å². The fourth-order valence-electron chi connectivity index (χ4n) is 2.48. The SMILES string of the molecule is Cc1ccc(C(=O)O)cc1NC(=O)CCSc1c(=O)o[nH][n+]1-c1ccccc1. The zero-order chi connectivity index (χ0) is 20.1. The lowest BCUT2D eigenvalue weighted by molar-refractivity contribution is -0.704. The molecule has 0 aliphatic rings. The number of hydrogen-bond donors (Lipinski definition) is 3. The average Bonchev–Trinajstić information content (AvgIpc) is 3.05. The van der Waals surface area contributed by atoms with Crippen LogP contribution in [0.3, 0.4) is 0 Å². The molecule has 28 heavy (non-hydrogen) atoms. The number of rotatable bonds is 7. The smallest absolute Gasteiger partial charge is 0.442 e. The molecule has 3 N–H and O–H groups in total. The van der Waals surface area contributed by atoms with Gasteiger partial charge in [0.25, 0.3) is 0 Å². The number of nitrogens with one attached hydrogen (secondary N) is 2. The van der Waals surface area contributed by atoms with E-state index >= 15 is 0 Å². The number of aromatic nitrogens is 2. The number of aromatic carboxylic acids is 1. The van der Waals surface area contributed by atoms with E-state index in [2.05, 4.69) is 10.6 Å². The van der Waals surface area contributed by atoms with Crippen LogP contribution in [0.5, 0.6) is 0 Å². The lowest BCUT2D eigenvalue weighted by atomic mass is 10.1. The van der Waals surface area contributed by atoms with Gasteiger partial charge in [-0.1, -0.05) is 24.3 Å². The minimum Gasteiger partial charge on any atom is -0.478 e. The maximum Gasteiger partial charge on any atom is 0.442 e. The number of hydrogen-bond acceptors (Lipinski definition) is 5. The van der Waals surface area contributed by atoms with Crippen LogP contribution in [0.4, 0.5) is 5.69 Å². The molecule has 0 bridgehead atoms. The van der Waals surface area contributed by atoms with Crippen LogP contribution in [0.2, 0.25) is 0 Å². The van der Waals surface area contributed by atoms with E-state index in [1.54, 1.807) is 13.0 Å². The van der Waals surface area contributed by atoms with Crippen molar-refractivity contribution in [3.63, 3.8) is 0 Å². The van der Waals surface area contributed by atoms with Crippen molar-refractivity contribution in [1.29, 1.82) is 0 Å². The van der Waals surface area contributed by atoms with Crippen LogP contribution in [0.15, 0.2) is 62.9 Å². The predicted octanol–water partition coefficient (Wildman–Crippen LogP) is 2.37. The fourth-order valence-corrected chi connectivity index (χ4v) is 3.39. The first-order chi connectivity index (χ1) is 13.5. The Morgan fingerprint density at radius 1 is 1.21 bits per heavy atom. The van der Waals surface area contributed by atoms with Crippen molar-refractivity contribution in [2.75, 3.05) is 11.1 Å². The molecule has 1 aromatic heterocycles. The van der Waals surface area contributed by atoms with E-state index in [4.69, 9.17) is 9.63 Å². The molecule has 3 aromatic rings. The number of para-hydroxylation sites is 1. The summed E-state index contributed by atoms with van der Waals surface area (Å²) in [5.74, 6) is -0.987. The quantitative estimate of drug-likeness (QED) is 0.414. The highest BCUT2D eigenvalue weighted by atomic mass is 32.2. The van der Waals surface area contributed by atoms with Crippen LogP contribution in [0, 0.1) is 6.92 Å². The summed E-state index contributed by atoms with van der Waals surface area (Å²) in [5.41, 5.74) is 1.54. The van der Waals surface area contributed by atoms with E-state index < -0.39 is 11.6 Å². The Morgan fingerprint density at radius 2 is 1.96 bits per heavy atom. The van der Waals surface area contributed by atoms with Gasteiger partial charge in [0.1, 0.15) is 0 Å². The maximum atomic E-state index is 12.2. The van der Waals surface area contributed by atoms with Crippen molar-refractivity contribution in [3.8, 4) is 5.69 Å². The summed E-state index contributed by atoms with van der Waals surface area (Å²) in [5, 5.41) is 14.7. The van der Waals surface area contributed by atoms with E-state index in [0.717, 1.165) is 11.3 Å². The summed E-state index contributed by atoms with van der Waals surface area (Å²) in [6.07, 6.45) is 0.140. The molecule has 9 heteroatoms. The van der Waals surface area contributed by atoms with Gasteiger partial charge in [-0.15, -0.1) is 0 Å². The molecule has 8 nitrogen and oxygen atoms in total. The van der Waals surface area contributed by atoms with Crippen LogP contribution in [-0.4, -0.2) is 28.0 Å². The number of aryl methyl sites for hydroxylation is 1. The number of amides is 1. The fraction of sp³-hybridized carbons (Fsp3) is 0.158. The number of aromatic amines is 1. The second-order valence-electron chi connectivity index (χ2n) is 5.94. The van der Waals surface area contributed by atoms with Crippen LogP contribution in [0.1, 0.15) is 22.3 Å². The van der Waals surface area contributed by atoms with Gasteiger partial charge in [0.05, 0.1) is 5.56 Å². The number of carboxylic acids is 1. The number of carbonyl (C=O) groups excluding carboxylic acids is 1. The Morgan fingerprint density at radius 3 is 2.68 bits per heavy atom. The van der Waals surface area contributed by atoms with Gasteiger partial charge < -0.3 is 10.4 Å². The van der Waals surface area contributed by atoms with Crippen LogP contribution in [0.25, 0.3) is 5.69 Å². The highest BCUT2D eigenvalue weighted by Gasteiger charge is 2.23. The van der Waals surface area contributed by atoms with E-state index in [-0.39, 0.29) is 17.9 Å². The third-order valence-electron chi connectivity index (χ3n) is 3.95. The molecule has 0 spiro atoms. The first kappa shape index (κ1) is 19.4. The summed E-state index contributed by atoms with van der Waals surface area (Å²) in [4.78, 5) is 35.2. The monoisotopic (exact) mass is 400 g/mol. The van der Waals surface area contributed by atoms with Gasteiger partial charge in [0, 0.05) is 30.0 Å². The van der Waals surface area contributed by atoms with Crippen molar-refractivity contribution >= 4 is 29.3 Å². The second kappa shape index (κ2) is 8.57. The zero-order valence-corrected chi connectivity index (χ0v) is 15.8. The Labute approximate surface area is 164 Å². The van der Waals surface area contributed by atoms with Gasteiger partial charge in [0.2, 0.25) is 11.6 Å². The van der Waals surface area contributed by atoms with Crippen molar-refractivity contribution < 1.29 is 23.9 Å². The summed E-state index contributed by atoms with van der Waals surface area (Å²) < 4.78 is 6.38. The molecular formula is C19H18N3O5S+. The van der Waals surface area contributed by atoms with Crippen LogP contribution in [-0.2, 0) is 4.79 Å². The molecule has 2 aromatic carbocycles. The molecule has 144 valence electrons. The molecule has 1 heterocycles. The lowest BCUT2D eigenvalue weighted by Gasteiger charge is -2.09. The molecule has 0 fully saturated rings. The molecule has 0 unspecified atom stereocenters. The number of H-pyrrole nitrogens is 1. The Bertz CT molecular complexity index is 1060. The number of carboxylic acid groups (broad SMARTS) is 1. The van der Waals surface area contributed by atoms with Crippen LogP contribution >= 0.6 is 11.8 Å². The number of anilines is 1. The highest BCUT2D eigenvalue weighted by molar-refractivity contribution is 7.99. The third-order valence-corrected chi connectivity index (χ3v) is 4.98. The largest absolute Gasteiger partial charge is 0.478 e. The molecule has 0 radical (unpaired) electrons. The minimum atomic E-state index is -1.06. The van der Waals surface area contributed by atoms with Gasteiger partial charge >= 0.3 is 16.6 Å². The maximum absolute atomic E-state index is 12.2. The van der Waals surface area contributed by atoms with E-state index in [1.807, 2.05) is 30.3 Å². The molecule has 3 rings (SSSR count). The molecule has 0 aliphatic carbocycles. The van der Waals surface area contributed by atoms with Crippen molar-refractivity contribution in [2.24, 2.45) is 0 Å². The topological polar surface area (TPSA) is 116 Å². The molecule has 0 saturated heterocycles. The molecular weight excluding hydrogens is 382 g/mol. The Kier molecular flexibility index (Phi) is 5.95. The zero-order valence-electron chi connectivity index (χ0n) is 15.0. The Hall–Kier alpha value is -3.33. The number of nitrogens with zero attached hydrogens (tertiary/aromatic N) is 1. The standard InChI is InChI=1S/C19H17N3O5S/c1-12-7-8-13(18(24)25)11-15(12)20-16(23)9-10-28-17-19(26)27-21-22(17)14-5-3-2-4-6-14/h2-8,11H,9-10H2,1H3,(H2-,20,21,23,24,25,26)/p+1. The van der Waals surface area contributed by atoms with Gasteiger partial charge in [-0.2, -0.15) is 0 Å².